The average Bonchev–Trinajstić information content (AvgIpc) is 2.73. The average molecular weight is 412 g/mol. The van der Waals surface area contributed by atoms with Crippen molar-refractivity contribution in [1.82, 2.24) is 10.7 Å². The molecular weight excluding hydrogens is 388 g/mol. The molecule has 0 bridgehead atoms. The van der Waals surface area contributed by atoms with Crippen LogP contribution >= 0.6 is 0 Å². The maximum Gasteiger partial charge on any atom is 0.272 e. The van der Waals surface area contributed by atoms with E-state index < -0.39 is 10.8 Å². The molecule has 0 aliphatic rings. The Kier molecular flexibility index (Phi) is 8.49. The van der Waals surface area contributed by atoms with Crippen LogP contribution in [0, 0.1) is 17.0 Å². The summed E-state index contributed by atoms with van der Waals surface area (Å²) in [6.45, 7) is 1.44. The summed E-state index contributed by atoms with van der Waals surface area (Å²) in [6, 6.07) is 12.3. The molecule has 0 atom stereocenters. The smallest absolute Gasteiger partial charge is 0.272 e. The zero-order valence-electron chi connectivity index (χ0n) is 16.9. The molecule has 30 heavy (non-hydrogen) atoms. The van der Waals surface area contributed by atoms with Crippen molar-refractivity contribution in [3.63, 3.8) is 0 Å². The summed E-state index contributed by atoms with van der Waals surface area (Å²) in [4.78, 5) is 34.1. The number of rotatable bonds is 10. The zero-order valence-corrected chi connectivity index (χ0v) is 16.9. The van der Waals surface area contributed by atoms with Gasteiger partial charge in [-0.05, 0) is 37.5 Å². The van der Waals surface area contributed by atoms with Crippen molar-refractivity contribution >= 4 is 23.7 Å². The lowest BCUT2D eigenvalue weighted by molar-refractivity contribution is -0.385. The van der Waals surface area contributed by atoms with Gasteiger partial charge in [0.15, 0.2) is 0 Å². The highest BCUT2D eigenvalue weighted by molar-refractivity contribution is 5.86. The molecule has 0 fully saturated rings. The molecule has 0 aromatic heterocycles. The van der Waals surface area contributed by atoms with Crippen LogP contribution in [0.4, 0.5) is 5.69 Å². The molecule has 0 aliphatic heterocycles. The van der Waals surface area contributed by atoms with Crippen LogP contribution in [0.5, 0.6) is 5.75 Å². The highest BCUT2D eigenvalue weighted by atomic mass is 16.6. The van der Waals surface area contributed by atoms with Gasteiger partial charge in [0, 0.05) is 23.6 Å². The molecule has 9 nitrogen and oxygen atoms in total. The minimum absolute atomic E-state index is 0.0211. The van der Waals surface area contributed by atoms with Crippen molar-refractivity contribution < 1.29 is 19.2 Å². The predicted molar refractivity (Wildman–Crippen MR) is 113 cm³/mol. The number of hydrogen-bond donors (Lipinski definition) is 2. The summed E-state index contributed by atoms with van der Waals surface area (Å²) in [5.74, 6) is 0.0685. The molecule has 158 valence electrons. The minimum Gasteiger partial charge on any atom is -0.497 e. The van der Waals surface area contributed by atoms with Gasteiger partial charge < -0.3 is 10.1 Å². The third-order valence-electron chi connectivity index (χ3n) is 4.31. The van der Waals surface area contributed by atoms with Crippen LogP contribution in [0.3, 0.4) is 0 Å². The summed E-state index contributed by atoms with van der Waals surface area (Å²) < 4.78 is 5.10. The number of hydrazone groups is 1. The molecule has 2 N–H and O–H groups in total. The Morgan fingerprint density at radius 3 is 2.57 bits per heavy atom. The van der Waals surface area contributed by atoms with Gasteiger partial charge in [0.05, 0.1) is 24.8 Å². The Hall–Kier alpha value is -3.75. The Morgan fingerprint density at radius 2 is 1.90 bits per heavy atom. The van der Waals surface area contributed by atoms with E-state index in [0.717, 1.165) is 17.7 Å². The fourth-order valence-electron chi connectivity index (χ4n) is 2.63. The Labute approximate surface area is 174 Å². The molecule has 2 aromatic rings. The van der Waals surface area contributed by atoms with E-state index in [0.29, 0.717) is 24.0 Å². The summed E-state index contributed by atoms with van der Waals surface area (Å²) in [5.41, 5.74) is 4.38. The SMILES string of the molecule is COc1ccc(CCCC(=O)NCC(=O)NN=Cc2ccc(C)c([N+](=O)[O-])c2)cc1. The van der Waals surface area contributed by atoms with Gasteiger partial charge in [-0.25, -0.2) is 5.43 Å². The fourth-order valence-corrected chi connectivity index (χ4v) is 2.63. The van der Waals surface area contributed by atoms with Gasteiger partial charge in [-0.1, -0.05) is 24.3 Å². The minimum atomic E-state index is -0.489. The van der Waals surface area contributed by atoms with Gasteiger partial charge in [-0.15, -0.1) is 0 Å². The number of amides is 2. The van der Waals surface area contributed by atoms with Crippen molar-refractivity contribution in [3.05, 3.63) is 69.3 Å². The number of hydrogen-bond acceptors (Lipinski definition) is 6. The Balaban J connectivity index is 1.68. The van der Waals surface area contributed by atoms with E-state index in [-0.39, 0.29) is 18.1 Å². The van der Waals surface area contributed by atoms with E-state index in [4.69, 9.17) is 4.74 Å². The van der Waals surface area contributed by atoms with E-state index in [1.165, 1.54) is 12.3 Å². The lowest BCUT2D eigenvalue weighted by Crippen LogP contribution is -2.34. The fraction of sp³-hybridized carbons (Fsp3) is 0.286. The molecule has 0 heterocycles. The standard InChI is InChI=1S/C21H24N4O5/c1-15-6-7-17(12-19(15)25(28)29)13-23-24-21(27)14-22-20(26)5-3-4-16-8-10-18(30-2)11-9-16/h6-13H,3-5,14H2,1-2H3,(H,22,26)(H,24,27). The number of ether oxygens (including phenoxy) is 1. The number of benzene rings is 2. The molecule has 0 saturated carbocycles. The maximum absolute atomic E-state index is 11.9. The molecule has 0 saturated heterocycles. The first-order valence-electron chi connectivity index (χ1n) is 9.35. The molecule has 2 rings (SSSR count). The van der Waals surface area contributed by atoms with Crippen LogP contribution in [0.1, 0.15) is 29.5 Å². The van der Waals surface area contributed by atoms with E-state index in [2.05, 4.69) is 15.8 Å². The van der Waals surface area contributed by atoms with E-state index in [1.54, 1.807) is 26.2 Å². The number of carbonyl (C=O) groups is 2. The predicted octanol–water partition coefficient (Wildman–Crippen LogP) is 2.50. The number of nitrogens with one attached hydrogen (secondary N) is 2. The number of methoxy groups -OCH3 is 1. The monoisotopic (exact) mass is 412 g/mol. The second-order valence-electron chi connectivity index (χ2n) is 6.57. The third-order valence-corrected chi connectivity index (χ3v) is 4.31. The number of aryl methyl sites for hydroxylation is 2. The molecule has 9 heteroatoms. The summed E-state index contributed by atoms with van der Waals surface area (Å²) in [6.07, 6.45) is 3.01. The van der Waals surface area contributed by atoms with Crippen molar-refractivity contribution in [2.45, 2.75) is 26.2 Å². The number of carbonyl (C=O) groups excluding carboxylic acids is 2. The largest absolute Gasteiger partial charge is 0.497 e. The molecule has 0 radical (unpaired) electrons. The summed E-state index contributed by atoms with van der Waals surface area (Å²) in [5, 5.41) is 17.2. The van der Waals surface area contributed by atoms with Gasteiger partial charge >= 0.3 is 0 Å². The molecule has 2 amide bonds. The second kappa shape index (κ2) is 11.3. The first kappa shape index (κ1) is 22.5. The van der Waals surface area contributed by atoms with Crippen molar-refractivity contribution in [1.29, 1.82) is 0 Å². The lowest BCUT2D eigenvalue weighted by Gasteiger charge is -2.05. The normalized spacial score (nSPS) is 10.6. The third kappa shape index (κ3) is 7.34. The van der Waals surface area contributed by atoms with Crippen molar-refractivity contribution in [3.8, 4) is 5.75 Å². The van der Waals surface area contributed by atoms with Crippen LogP contribution < -0.4 is 15.5 Å². The maximum atomic E-state index is 11.9. The first-order valence-corrected chi connectivity index (χ1v) is 9.35. The van der Waals surface area contributed by atoms with Gasteiger partial charge in [-0.3, -0.25) is 19.7 Å². The van der Waals surface area contributed by atoms with Crippen LogP contribution in [0.2, 0.25) is 0 Å². The summed E-state index contributed by atoms with van der Waals surface area (Å²) in [7, 11) is 1.61. The van der Waals surface area contributed by atoms with E-state index in [1.807, 2.05) is 24.3 Å². The van der Waals surface area contributed by atoms with Gasteiger partial charge in [0.25, 0.3) is 11.6 Å². The molecule has 0 spiro atoms. The zero-order chi connectivity index (χ0) is 21.9. The van der Waals surface area contributed by atoms with Gasteiger partial charge in [0.2, 0.25) is 5.91 Å². The number of nitro groups is 1. The van der Waals surface area contributed by atoms with Crippen molar-refractivity contribution in [2.24, 2.45) is 5.10 Å². The molecule has 0 aliphatic carbocycles. The van der Waals surface area contributed by atoms with Crippen LogP contribution in [-0.4, -0.2) is 36.6 Å². The van der Waals surface area contributed by atoms with Gasteiger partial charge in [-0.2, -0.15) is 5.10 Å². The highest BCUT2D eigenvalue weighted by Crippen LogP contribution is 2.18. The number of nitrogens with zero attached hydrogens (tertiary/aromatic N) is 2. The molecule has 0 unspecified atom stereocenters. The van der Waals surface area contributed by atoms with Crippen LogP contribution in [0.25, 0.3) is 0 Å². The second-order valence-corrected chi connectivity index (χ2v) is 6.57. The number of nitro benzene ring substituents is 1. The molecular formula is C21H24N4O5. The van der Waals surface area contributed by atoms with Crippen LogP contribution in [-0.2, 0) is 16.0 Å². The van der Waals surface area contributed by atoms with E-state index in [9.17, 15) is 19.7 Å². The Bertz CT molecular complexity index is 925. The quantitative estimate of drug-likeness (QED) is 0.353. The van der Waals surface area contributed by atoms with Crippen LogP contribution in [0.15, 0.2) is 47.6 Å². The highest BCUT2D eigenvalue weighted by Gasteiger charge is 2.10. The van der Waals surface area contributed by atoms with E-state index >= 15 is 0 Å². The Morgan fingerprint density at radius 1 is 1.17 bits per heavy atom. The van der Waals surface area contributed by atoms with Crippen molar-refractivity contribution in [2.75, 3.05) is 13.7 Å². The topological polar surface area (TPSA) is 123 Å². The first-order chi connectivity index (χ1) is 14.4. The lowest BCUT2D eigenvalue weighted by atomic mass is 10.1. The summed E-state index contributed by atoms with van der Waals surface area (Å²) >= 11 is 0. The van der Waals surface area contributed by atoms with Gasteiger partial charge in [0.1, 0.15) is 5.75 Å². The molecule has 2 aromatic carbocycles.